The van der Waals surface area contributed by atoms with E-state index < -0.39 is 12.1 Å². The molecule has 0 saturated heterocycles. The summed E-state index contributed by atoms with van der Waals surface area (Å²) in [4.78, 5) is 0. The molecule has 0 saturated carbocycles. The Morgan fingerprint density at radius 1 is 1.46 bits per heavy atom. The molecule has 0 unspecified atom stereocenters. The summed E-state index contributed by atoms with van der Waals surface area (Å²) in [5, 5.41) is 9.19. The van der Waals surface area contributed by atoms with E-state index in [0.29, 0.717) is 10.0 Å². The second-order valence-electron chi connectivity index (χ2n) is 2.97. The highest BCUT2D eigenvalue weighted by Gasteiger charge is 2.13. The van der Waals surface area contributed by atoms with E-state index in [1.807, 2.05) is 0 Å². The van der Waals surface area contributed by atoms with Gasteiger partial charge in [-0.3, -0.25) is 0 Å². The molecule has 0 aliphatic rings. The molecule has 13 heavy (non-hydrogen) atoms. The zero-order valence-electron chi connectivity index (χ0n) is 7.17. The smallest absolute Gasteiger partial charge is 0.124 e. The van der Waals surface area contributed by atoms with Crippen molar-refractivity contribution in [3.63, 3.8) is 0 Å². The van der Waals surface area contributed by atoms with E-state index >= 15 is 0 Å². The van der Waals surface area contributed by atoms with Crippen molar-refractivity contribution in [1.29, 1.82) is 0 Å². The normalized spacial score (nSPS) is 15.5. The molecule has 0 fully saturated rings. The van der Waals surface area contributed by atoms with Gasteiger partial charge in [-0.05, 0) is 30.7 Å². The molecule has 0 amide bonds. The SMILES string of the molecule is C[C@H](O)[C@@H](N)c1cc(F)cc(Br)c1. The molecule has 1 rings (SSSR count). The minimum Gasteiger partial charge on any atom is -0.391 e. The standard InChI is InChI=1S/C9H11BrFNO/c1-5(13)9(12)6-2-7(10)4-8(11)3-6/h2-5,9,13H,12H2,1H3/t5-,9+/m0/s1. The number of benzene rings is 1. The van der Waals surface area contributed by atoms with Gasteiger partial charge in [0.1, 0.15) is 5.82 Å². The highest BCUT2D eigenvalue weighted by Crippen LogP contribution is 2.20. The molecule has 0 radical (unpaired) electrons. The Labute approximate surface area is 84.7 Å². The number of aliphatic hydroxyl groups is 1. The average Bonchev–Trinajstić information content (AvgIpc) is 2.01. The van der Waals surface area contributed by atoms with Gasteiger partial charge in [0.2, 0.25) is 0 Å². The lowest BCUT2D eigenvalue weighted by Gasteiger charge is -2.15. The highest BCUT2D eigenvalue weighted by atomic mass is 79.9. The van der Waals surface area contributed by atoms with Crippen LogP contribution in [0.25, 0.3) is 0 Å². The summed E-state index contributed by atoms with van der Waals surface area (Å²) < 4.78 is 13.5. The van der Waals surface area contributed by atoms with Crippen LogP contribution in [-0.2, 0) is 0 Å². The first kappa shape index (κ1) is 10.6. The van der Waals surface area contributed by atoms with Crippen LogP contribution in [0.15, 0.2) is 22.7 Å². The molecule has 0 spiro atoms. The summed E-state index contributed by atoms with van der Waals surface area (Å²) in [6, 6.07) is 3.81. The second kappa shape index (κ2) is 4.17. The molecule has 0 aliphatic heterocycles. The third kappa shape index (κ3) is 2.76. The zero-order valence-corrected chi connectivity index (χ0v) is 8.75. The second-order valence-corrected chi connectivity index (χ2v) is 3.88. The van der Waals surface area contributed by atoms with Crippen LogP contribution in [0.2, 0.25) is 0 Å². The van der Waals surface area contributed by atoms with Crippen LogP contribution in [0.5, 0.6) is 0 Å². The van der Waals surface area contributed by atoms with Gasteiger partial charge in [0, 0.05) is 4.47 Å². The molecule has 72 valence electrons. The summed E-state index contributed by atoms with van der Waals surface area (Å²) >= 11 is 3.15. The number of rotatable bonds is 2. The molecule has 0 aromatic heterocycles. The monoisotopic (exact) mass is 247 g/mol. The van der Waals surface area contributed by atoms with E-state index in [1.165, 1.54) is 12.1 Å². The first-order valence-electron chi connectivity index (χ1n) is 3.90. The van der Waals surface area contributed by atoms with Gasteiger partial charge in [-0.15, -0.1) is 0 Å². The van der Waals surface area contributed by atoms with E-state index in [1.54, 1.807) is 13.0 Å². The van der Waals surface area contributed by atoms with E-state index in [2.05, 4.69) is 15.9 Å². The van der Waals surface area contributed by atoms with E-state index in [-0.39, 0.29) is 5.82 Å². The van der Waals surface area contributed by atoms with Gasteiger partial charge in [0.15, 0.2) is 0 Å². The third-order valence-electron chi connectivity index (χ3n) is 1.79. The number of hydrogen-bond acceptors (Lipinski definition) is 2. The van der Waals surface area contributed by atoms with E-state index in [4.69, 9.17) is 5.73 Å². The maximum atomic E-state index is 12.9. The molecule has 0 heterocycles. The molecular weight excluding hydrogens is 237 g/mol. The van der Waals surface area contributed by atoms with Crippen LogP contribution in [0.1, 0.15) is 18.5 Å². The van der Waals surface area contributed by atoms with Crippen molar-refractivity contribution < 1.29 is 9.50 Å². The summed E-state index contributed by atoms with van der Waals surface area (Å²) in [5.41, 5.74) is 6.22. The first-order chi connectivity index (χ1) is 6.00. The maximum Gasteiger partial charge on any atom is 0.124 e. The molecule has 0 aliphatic carbocycles. The van der Waals surface area contributed by atoms with Gasteiger partial charge < -0.3 is 10.8 Å². The molecule has 4 heteroatoms. The molecule has 1 aromatic rings. The topological polar surface area (TPSA) is 46.2 Å². The molecule has 3 N–H and O–H groups in total. The summed E-state index contributed by atoms with van der Waals surface area (Å²) in [7, 11) is 0. The predicted octanol–water partition coefficient (Wildman–Crippen LogP) is 1.97. The fraction of sp³-hybridized carbons (Fsp3) is 0.333. The van der Waals surface area contributed by atoms with E-state index in [0.717, 1.165) is 0 Å². The number of halogens is 2. The van der Waals surface area contributed by atoms with Gasteiger partial charge in [-0.1, -0.05) is 15.9 Å². The Balaban J connectivity index is 3.01. The Hall–Kier alpha value is -0.450. The van der Waals surface area contributed by atoms with Gasteiger partial charge in [-0.2, -0.15) is 0 Å². The van der Waals surface area contributed by atoms with Crippen molar-refractivity contribution in [2.75, 3.05) is 0 Å². The number of hydrogen-bond donors (Lipinski definition) is 2. The molecular formula is C9H11BrFNO. The van der Waals surface area contributed by atoms with Crippen LogP contribution < -0.4 is 5.73 Å². The molecule has 0 bridgehead atoms. The summed E-state index contributed by atoms with van der Waals surface area (Å²) in [5.74, 6) is -0.361. The zero-order chi connectivity index (χ0) is 10.0. The van der Waals surface area contributed by atoms with E-state index in [9.17, 15) is 9.50 Å². The summed E-state index contributed by atoms with van der Waals surface area (Å²) in [6.45, 7) is 1.57. The lowest BCUT2D eigenvalue weighted by Crippen LogP contribution is -2.23. The number of aliphatic hydroxyl groups excluding tert-OH is 1. The van der Waals surface area contributed by atoms with Crippen LogP contribution in [0.3, 0.4) is 0 Å². The quantitative estimate of drug-likeness (QED) is 0.840. The van der Waals surface area contributed by atoms with Gasteiger partial charge in [-0.25, -0.2) is 4.39 Å². The van der Waals surface area contributed by atoms with Gasteiger partial charge in [0.05, 0.1) is 12.1 Å². The first-order valence-corrected chi connectivity index (χ1v) is 4.69. The molecule has 1 aromatic carbocycles. The minimum absolute atomic E-state index is 0.361. The van der Waals surface area contributed by atoms with Crippen molar-refractivity contribution in [2.24, 2.45) is 5.73 Å². The summed E-state index contributed by atoms with van der Waals surface area (Å²) in [6.07, 6.45) is -0.686. The Morgan fingerprint density at radius 3 is 2.54 bits per heavy atom. The lowest BCUT2D eigenvalue weighted by molar-refractivity contribution is 0.164. The Kier molecular flexibility index (Phi) is 3.41. The largest absolute Gasteiger partial charge is 0.391 e. The Bertz CT molecular complexity index is 283. The van der Waals surface area contributed by atoms with Gasteiger partial charge >= 0.3 is 0 Å². The van der Waals surface area contributed by atoms with Crippen LogP contribution >= 0.6 is 15.9 Å². The lowest BCUT2D eigenvalue weighted by atomic mass is 10.0. The number of nitrogens with two attached hydrogens (primary N) is 1. The van der Waals surface area contributed by atoms with Crippen LogP contribution in [0, 0.1) is 5.82 Å². The van der Waals surface area contributed by atoms with Crippen molar-refractivity contribution >= 4 is 15.9 Å². The average molecular weight is 248 g/mol. The fourth-order valence-electron chi connectivity index (χ4n) is 1.05. The van der Waals surface area contributed by atoms with Crippen molar-refractivity contribution in [3.05, 3.63) is 34.1 Å². The highest BCUT2D eigenvalue weighted by molar-refractivity contribution is 9.10. The molecule has 2 atom stereocenters. The fourth-order valence-corrected chi connectivity index (χ4v) is 1.53. The minimum atomic E-state index is -0.686. The van der Waals surface area contributed by atoms with Gasteiger partial charge in [0.25, 0.3) is 0 Å². The van der Waals surface area contributed by atoms with Crippen LogP contribution in [0.4, 0.5) is 4.39 Å². The maximum absolute atomic E-state index is 12.9. The van der Waals surface area contributed by atoms with Crippen LogP contribution in [-0.4, -0.2) is 11.2 Å². The van der Waals surface area contributed by atoms with Crippen molar-refractivity contribution in [1.82, 2.24) is 0 Å². The van der Waals surface area contributed by atoms with Crippen molar-refractivity contribution in [3.8, 4) is 0 Å². The Morgan fingerprint density at radius 2 is 2.08 bits per heavy atom. The predicted molar refractivity (Wildman–Crippen MR) is 52.7 cm³/mol. The van der Waals surface area contributed by atoms with Crippen molar-refractivity contribution in [2.45, 2.75) is 19.1 Å². The molecule has 2 nitrogen and oxygen atoms in total. The third-order valence-corrected chi connectivity index (χ3v) is 2.25.